The van der Waals surface area contributed by atoms with Crippen LogP contribution in [0.5, 0.6) is 0 Å². The number of carboxylic acid groups (broad SMARTS) is 1. The van der Waals surface area contributed by atoms with Gasteiger partial charge in [0.25, 0.3) is 0 Å². The number of carbonyl (C=O) groups is 1. The average Bonchev–Trinajstić information content (AvgIpc) is 2.68. The lowest BCUT2D eigenvalue weighted by Gasteiger charge is -2.26. The molecule has 1 aliphatic carbocycles. The van der Waals surface area contributed by atoms with Crippen molar-refractivity contribution in [3.05, 3.63) is 34.9 Å². The summed E-state index contributed by atoms with van der Waals surface area (Å²) in [5.41, 5.74) is 0.470. The molecule has 0 radical (unpaired) electrons. The van der Waals surface area contributed by atoms with E-state index in [9.17, 15) is 9.90 Å². The van der Waals surface area contributed by atoms with Gasteiger partial charge >= 0.3 is 5.97 Å². The molecule has 0 bridgehead atoms. The second-order valence-electron chi connectivity index (χ2n) is 4.77. The molecular weight excluding hydrogens is 266 g/mol. The largest absolute Gasteiger partial charge is 0.476 e. The smallest absolute Gasteiger partial charge is 0.356 e. The molecule has 1 aliphatic rings. The van der Waals surface area contributed by atoms with Crippen LogP contribution in [0.15, 0.2) is 18.3 Å². The van der Waals surface area contributed by atoms with Crippen molar-refractivity contribution in [2.24, 2.45) is 0 Å². The molecule has 6 heteroatoms. The van der Waals surface area contributed by atoms with Crippen molar-refractivity contribution in [3.8, 4) is 0 Å². The van der Waals surface area contributed by atoms with Crippen LogP contribution >= 0.6 is 11.6 Å². The van der Waals surface area contributed by atoms with Gasteiger partial charge < -0.3 is 14.8 Å². The second-order valence-corrected chi connectivity index (χ2v) is 5.17. The van der Waals surface area contributed by atoms with Crippen LogP contribution < -0.4 is 5.32 Å². The van der Waals surface area contributed by atoms with Crippen molar-refractivity contribution in [1.82, 2.24) is 14.7 Å². The molecule has 5 nitrogen and oxygen atoms in total. The van der Waals surface area contributed by atoms with E-state index in [2.05, 4.69) is 10.3 Å². The van der Waals surface area contributed by atoms with Gasteiger partial charge in [0.2, 0.25) is 0 Å². The number of carboxylic acids is 1. The third kappa shape index (κ3) is 2.19. The minimum Gasteiger partial charge on any atom is -0.476 e. The fraction of sp³-hybridized carbons (Fsp3) is 0.385. The Bertz CT molecular complexity index is 634. The van der Waals surface area contributed by atoms with E-state index >= 15 is 0 Å². The number of hydrogen-bond acceptors (Lipinski definition) is 3. The number of fused-ring (bicyclic) bond motifs is 1. The topological polar surface area (TPSA) is 66.6 Å². The molecule has 0 atom stereocenters. The number of pyridine rings is 1. The number of hydrogen-bond donors (Lipinski definition) is 2. The summed E-state index contributed by atoms with van der Waals surface area (Å²) in [4.78, 5) is 15.4. The Labute approximate surface area is 115 Å². The predicted molar refractivity (Wildman–Crippen MR) is 71.6 cm³/mol. The molecule has 19 heavy (non-hydrogen) atoms. The van der Waals surface area contributed by atoms with Crippen molar-refractivity contribution in [1.29, 1.82) is 0 Å². The molecule has 2 heterocycles. The maximum atomic E-state index is 11.2. The minimum absolute atomic E-state index is 0.0102. The molecule has 2 N–H and O–H groups in total. The summed E-state index contributed by atoms with van der Waals surface area (Å²) >= 11 is 6.08. The second kappa shape index (κ2) is 4.83. The van der Waals surface area contributed by atoms with Gasteiger partial charge in [0.15, 0.2) is 5.69 Å². The summed E-state index contributed by atoms with van der Waals surface area (Å²) in [6.45, 7) is 0.555. The number of aromatic carboxylic acids is 1. The SMILES string of the molecule is O=C(O)c1nc(CNC2CCC2)n2cccc(Cl)c12. The molecule has 2 aromatic rings. The van der Waals surface area contributed by atoms with Gasteiger partial charge in [0.05, 0.1) is 17.1 Å². The molecule has 0 aromatic carbocycles. The molecule has 0 amide bonds. The first-order valence-corrected chi connectivity index (χ1v) is 6.66. The zero-order valence-electron chi connectivity index (χ0n) is 10.3. The summed E-state index contributed by atoms with van der Waals surface area (Å²) in [5, 5.41) is 13.0. The Morgan fingerprint density at radius 3 is 3.00 bits per heavy atom. The summed E-state index contributed by atoms with van der Waals surface area (Å²) in [5.74, 6) is -0.373. The fourth-order valence-corrected chi connectivity index (χ4v) is 2.54. The molecular formula is C13H14ClN3O2. The van der Waals surface area contributed by atoms with Gasteiger partial charge in [-0.2, -0.15) is 0 Å². The van der Waals surface area contributed by atoms with Crippen molar-refractivity contribution in [2.75, 3.05) is 0 Å². The van der Waals surface area contributed by atoms with Crippen molar-refractivity contribution in [3.63, 3.8) is 0 Å². The lowest BCUT2D eigenvalue weighted by Crippen LogP contribution is -2.35. The maximum absolute atomic E-state index is 11.2. The Kier molecular flexibility index (Phi) is 3.16. The number of aromatic nitrogens is 2. The van der Waals surface area contributed by atoms with E-state index in [1.165, 1.54) is 19.3 Å². The normalized spacial score (nSPS) is 15.6. The minimum atomic E-state index is -1.06. The van der Waals surface area contributed by atoms with Gasteiger partial charge in [0.1, 0.15) is 5.82 Å². The Hall–Kier alpha value is -1.59. The van der Waals surface area contributed by atoms with Crippen LogP contribution in [0.2, 0.25) is 5.02 Å². The fourth-order valence-electron chi connectivity index (χ4n) is 2.28. The zero-order valence-corrected chi connectivity index (χ0v) is 11.0. The van der Waals surface area contributed by atoms with E-state index in [0.717, 1.165) is 0 Å². The van der Waals surface area contributed by atoms with Crippen molar-refractivity contribution < 1.29 is 9.90 Å². The van der Waals surface area contributed by atoms with Gasteiger partial charge in [-0.05, 0) is 25.0 Å². The maximum Gasteiger partial charge on any atom is 0.356 e. The van der Waals surface area contributed by atoms with E-state index in [-0.39, 0.29) is 5.69 Å². The highest BCUT2D eigenvalue weighted by atomic mass is 35.5. The van der Waals surface area contributed by atoms with Crippen LogP contribution in [0.25, 0.3) is 5.52 Å². The predicted octanol–water partition coefficient (Wildman–Crippen LogP) is 2.33. The van der Waals surface area contributed by atoms with Gasteiger partial charge in [-0.3, -0.25) is 0 Å². The van der Waals surface area contributed by atoms with Gasteiger partial charge in [0, 0.05) is 12.2 Å². The molecule has 0 unspecified atom stereocenters. The van der Waals surface area contributed by atoms with Gasteiger partial charge in [-0.1, -0.05) is 18.0 Å². The first-order valence-electron chi connectivity index (χ1n) is 6.29. The first-order chi connectivity index (χ1) is 9.16. The molecule has 0 spiro atoms. The summed E-state index contributed by atoms with van der Waals surface area (Å²) < 4.78 is 1.75. The highest BCUT2D eigenvalue weighted by molar-refractivity contribution is 6.34. The number of nitrogens with one attached hydrogen (secondary N) is 1. The average molecular weight is 280 g/mol. The van der Waals surface area contributed by atoms with Crippen LogP contribution in [0.4, 0.5) is 0 Å². The van der Waals surface area contributed by atoms with E-state index in [1.54, 1.807) is 22.7 Å². The monoisotopic (exact) mass is 279 g/mol. The summed E-state index contributed by atoms with van der Waals surface area (Å²) in [6.07, 6.45) is 5.40. The molecule has 0 saturated heterocycles. The lowest BCUT2D eigenvalue weighted by molar-refractivity contribution is 0.0693. The number of nitrogens with zero attached hydrogens (tertiary/aromatic N) is 2. The molecule has 0 aliphatic heterocycles. The van der Waals surface area contributed by atoms with Gasteiger partial charge in [-0.15, -0.1) is 0 Å². The Balaban J connectivity index is 1.99. The third-order valence-corrected chi connectivity index (χ3v) is 3.85. The van der Waals surface area contributed by atoms with Gasteiger partial charge in [-0.25, -0.2) is 9.78 Å². The van der Waals surface area contributed by atoms with Crippen LogP contribution in [0.1, 0.15) is 35.6 Å². The van der Waals surface area contributed by atoms with Crippen LogP contribution in [0.3, 0.4) is 0 Å². The molecule has 1 fully saturated rings. The van der Waals surface area contributed by atoms with E-state index in [0.29, 0.717) is 29.0 Å². The Morgan fingerprint density at radius 2 is 2.37 bits per heavy atom. The number of imidazole rings is 1. The molecule has 2 aromatic heterocycles. The van der Waals surface area contributed by atoms with E-state index in [1.807, 2.05) is 0 Å². The number of rotatable bonds is 4. The van der Waals surface area contributed by atoms with Crippen LogP contribution in [-0.4, -0.2) is 26.5 Å². The van der Waals surface area contributed by atoms with E-state index in [4.69, 9.17) is 11.6 Å². The van der Waals surface area contributed by atoms with Crippen molar-refractivity contribution >= 4 is 23.1 Å². The van der Waals surface area contributed by atoms with Crippen LogP contribution in [0, 0.1) is 0 Å². The quantitative estimate of drug-likeness (QED) is 0.901. The van der Waals surface area contributed by atoms with Crippen LogP contribution in [-0.2, 0) is 6.54 Å². The molecule has 3 rings (SSSR count). The zero-order chi connectivity index (χ0) is 13.4. The number of halogens is 1. The highest BCUT2D eigenvalue weighted by Crippen LogP contribution is 2.23. The summed E-state index contributed by atoms with van der Waals surface area (Å²) in [7, 11) is 0. The van der Waals surface area contributed by atoms with E-state index < -0.39 is 5.97 Å². The third-order valence-electron chi connectivity index (χ3n) is 3.54. The highest BCUT2D eigenvalue weighted by Gasteiger charge is 2.21. The molecule has 1 saturated carbocycles. The van der Waals surface area contributed by atoms with Crippen molar-refractivity contribution in [2.45, 2.75) is 31.8 Å². The summed E-state index contributed by atoms with van der Waals surface area (Å²) in [6, 6.07) is 3.99. The standard InChI is InChI=1S/C13H14ClN3O2/c14-9-5-2-6-17-10(7-15-8-3-1-4-8)16-11(12(9)17)13(18)19/h2,5-6,8,15H,1,3-4,7H2,(H,18,19). The first kappa shape index (κ1) is 12.4. The Morgan fingerprint density at radius 1 is 1.58 bits per heavy atom. The lowest BCUT2D eigenvalue weighted by atomic mass is 9.93. The molecule has 100 valence electrons.